The van der Waals surface area contributed by atoms with E-state index in [4.69, 9.17) is 16.0 Å². The minimum absolute atomic E-state index is 0.174. The summed E-state index contributed by atoms with van der Waals surface area (Å²) in [6.07, 6.45) is 0. The topological polar surface area (TPSA) is 51.0 Å². The number of nitrogens with zero attached hydrogens (tertiary/aromatic N) is 2. The van der Waals surface area contributed by atoms with Gasteiger partial charge in [-0.25, -0.2) is 8.78 Å². The van der Waals surface area contributed by atoms with Crippen LogP contribution in [0.15, 0.2) is 71.1 Å². The third-order valence-corrected chi connectivity index (χ3v) is 4.72. The summed E-state index contributed by atoms with van der Waals surface area (Å²) in [5, 5.41) is 11.7. The molecule has 1 heterocycles. The Balaban J connectivity index is 1.74. The minimum atomic E-state index is -0.624. The summed E-state index contributed by atoms with van der Waals surface area (Å²) in [6.45, 7) is 1.99. The second kappa shape index (κ2) is 8.01. The summed E-state index contributed by atoms with van der Waals surface area (Å²) in [7, 11) is 0. The van der Waals surface area contributed by atoms with Crippen molar-refractivity contribution in [3.05, 3.63) is 100 Å². The van der Waals surface area contributed by atoms with Crippen LogP contribution in [0.3, 0.4) is 0 Å². The molecule has 1 atom stereocenters. The minimum Gasteiger partial charge on any atom is -0.418 e. The van der Waals surface area contributed by atoms with Gasteiger partial charge in [0, 0.05) is 21.8 Å². The summed E-state index contributed by atoms with van der Waals surface area (Å²) in [5.41, 5.74) is 2.94. The maximum absolute atomic E-state index is 13.6. The van der Waals surface area contributed by atoms with Gasteiger partial charge in [-0.1, -0.05) is 41.4 Å². The van der Waals surface area contributed by atoms with Crippen LogP contribution in [0.4, 0.5) is 14.5 Å². The Morgan fingerprint density at radius 1 is 0.931 bits per heavy atom. The average Bonchev–Trinajstić information content (AvgIpc) is 3.18. The number of nitrogens with one attached hydrogen (secondary N) is 1. The summed E-state index contributed by atoms with van der Waals surface area (Å²) >= 11 is 6.29. The molecule has 0 bridgehead atoms. The second-order valence-electron chi connectivity index (χ2n) is 6.57. The maximum Gasteiger partial charge on any atom is 0.247 e. The fourth-order valence-corrected chi connectivity index (χ4v) is 3.19. The molecular formula is C22H16ClF2N3O. The van der Waals surface area contributed by atoms with E-state index in [9.17, 15) is 8.78 Å². The number of aryl methyl sites for hydroxylation is 1. The van der Waals surface area contributed by atoms with Gasteiger partial charge in [-0.15, -0.1) is 10.2 Å². The predicted octanol–water partition coefficient (Wildman–Crippen LogP) is 6.18. The fraction of sp³-hybridized carbons (Fsp3) is 0.0909. The van der Waals surface area contributed by atoms with Crippen molar-refractivity contribution < 1.29 is 13.2 Å². The van der Waals surface area contributed by atoms with Crippen molar-refractivity contribution in [3.8, 4) is 11.5 Å². The Hall–Kier alpha value is -3.25. The van der Waals surface area contributed by atoms with Gasteiger partial charge in [0.2, 0.25) is 11.8 Å². The van der Waals surface area contributed by atoms with Crippen molar-refractivity contribution in [1.29, 1.82) is 0 Å². The van der Waals surface area contributed by atoms with E-state index in [1.54, 1.807) is 18.2 Å². The third kappa shape index (κ3) is 4.27. The predicted molar refractivity (Wildman–Crippen MR) is 108 cm³/mol. The first-order valence-corrected chi connectivity index (χ1v) is 9.25. The van der Waals surface area contributed by atoms with E-state index in [-0.39, 0.29) is 16.8 Å². The van der Waals surface area contributed by atoms with Crippen molar-refractivity contribution >= 4 is 17.3 Å². The van der Waals surface area contributed by atoms with Gasteiger partial charge in [0.15, 0.2) is 0 Å². The molecule has 0 spiro atoms. The standard InChI is InChI=1S/C22H16ClF2N3O/c1-13-5-8-17(9-6-13)26-20(18-10-7-16(25)12-19(18)23)22-28-27-21(29-22)14-3-2-4-15(24)11-14/h2-12,20,26H,1H3/t20-/m1/s1. The fourth-order valence-electron chi connectivity index (χ4n) is 2.91. The van der Waals surface area contributed by atoms with Crippen molar-refractivity contribution in [3.63, 3.8) is 0 Å². The molecule has 0 unspecified atom stereocenters. The van der Waals surface area contributed by atoms with Gasteiger partial charge in [0.05, 0.1) is 0 Å². The van der Waals surface area contributed by atoms with Crippen LogP contribution in [0.5, 0.6) is 0 Å². The average molecular weight is 412 g/mol. The monoisotopic (exact) mass is 411 g/mol. The van der Waals surface area contributed by atoms with Crippen LogP contribution in [0.2, 0.25) is 5.02 Å². The van der Waals surface area contributed by atoms with Gasteiger partial charge in [-0.3, -0.25) is 0 Å². The maximum atomic E-state index is 13.6. The van der Waals surface area contributed by atoms with E-state index >= 15 is 0 Å². The Labute approximate surface area is 171 Å². The van der Waals surface area contributed by atoms with Crippen molar-refractivity contribution in [2.24, 2.45) is 0 Å². The summed E-state index contributed by atoms with van der Waals surface area (Å²) in [6, 6.07) is 17.1. The molecule has 1 N–H and O–H groups in total. The molecule has 0 aliphatic carbocycles. The van der Waals surface area contributed by atoms with E-state index in [0.717, 1.165) is 11.3 Å². The summed E-state index contributed by atoms with van der Waals surface area (Å²) in [5.74, 6) is -0.455. The van der Waals surface area contributed by atoms with Crippen LogP contribution in [0.25, 0.3) is 11.5 Å². The number of rotatable bonds is 5. The number of hydrogen-bond acceptors (Lipinski definition) is 4. The zero-order valence-electron chi connectivity index (χ0n) is 15.4. The van der Waals surface area contributed by atoms with Gasteiger partial charge in [-0.2, -0.15) is 0 Å². The van der Waals surface area contributed by atoms with Crippen LogP contribution in [0.1, 0.15) is 23.1 Å². The lowest BCUT2D eigenvalue weighted by molar-refractivity contribution is 0.493. The highest BCUT2D eigenvalue weighted by molar-refractivity contribution is 6.31. The molecule has 3 aromatic carbocycles. The Bertz CT molecular complexity index is 1150. The molecule has 146 valence electrons. The summed E-state index contributed by atoms with van der Waals surface area (Å²) in [4.78, 5) is 0. The molecule has 0 fully saturated rings. The first-order chi connectivity index (χ1) is 14.0. The molecular weight excluding hydrogens is 396 g/mol. The van der Waals surface area contributed by atoms with Gasteiger partial charge >= 0.3 is 0 Å². The number of benzene rings is 3. The Kier molecular flexibility index (Phi) is 5.27. The normalized spacial score (nSPS) is 12.0. The highest BCUT2D eigenvalue weighted by Gasteiger charge is 2.24. The first-order valence-electron chi connectivity index (χ1n) is 8.87. The second-order valence-corrected chi connectivity index (χ2v) is 6.97. The van der Waals surface area contributed by atoms with E-state index < -0.39 is 17.7 Å². The molecule has 0 saturated carbocycles. The van der Waals surface area contributed by atoms with E-state index in [1.807, 2.05) is 31.2 Å². The Morgan fingerprint density at radius 3 is 2.41 bits per heavy atom. The van der Waals surface area contributed by atoms with Crippen molar-refractivity contribution in [1.82, 2.24) is 10.2 Å². The van der Waals surface area contributed by atoms with Crippen molar-refractivity contribution in [2.75, 3.05) is 5.32 Å². The number of aromatic nitrogens is 2. The van der Waals surface area contributed by atoms with Gasteiger partial charge in [-0.05, 0) is 49.4 Å². The Morgan fingerprint density at radius 2 is 1.69 bits per heavy atom. The van der Waals surface area contributed by atoms with Gasteiger partial charge in [0.1, 0.15) is 17.7 Å². The highest BCUT2D eigenvalue weighted by Crippen LogP contribution is 2.33. The van der Waals surface area contributed by atoms with E-state index in [0.29, 0.717) is 11.1 Å². The summed E-state index contributed by atoms with van der Waals surface area (Å²) < 4.78 is 32.9. The van der Waals surface area contributed by atoms with Crippen LogP contribution in [-0.4, -0.2) is 10.2 Å². The molecule has 1 aromatic heterocycles. The number of anilines is 1. The molecule has 0 aliphatic heterocycles. The highest BCUT2D eigenvalue weighted by atomic mass is 35.5. The first kappa shape index (κ1) is 19.1. The lowest BCUT2D eigenvalue weighted by Crippen LogP contribution is -2.13. The van der Waals surface area contributed by atoms with Gasteiger partial charge < -0.3 is 9.73 Å². The zero-order valence-corrected chi connectivity index (χ0v) is 16.1. The van der Waals surface area contributed by atoms with Crippen molar-refractivity contribution in [2.45, 2.75) is 13.0 Å². The van der Waals surface area contributed by atoms with Crippen LogP contribution < -0.4 is 5.32 Å². The third-order valence-electron chi connectivity index (χ3n) is 4.40. The largest absolute Gasteiger partial charge is 0.418 e. The molecule has 4 rings (SSSR count). The molecule has 29 heavy (non-hydrogen) atoms. The molecule has 7 heteroatoms. The molecule has 0 aliphatic rings. The smallest absolute Gasteiger partial charge is 0.247 e. The quantitative estimate of drug-likeness (QED) is 0.426. The SMILES string of the molecule is Cc1ccc(N[C@@H](c2nnc(-c3cccc(F)c3)o2)c2ccc(F)cc2Cl)cc1. The van der Waals surface area contributed by atoms with Crippen LogP contribution in [-0.2, 0) is 0 Å². The van der Waals surface area contributed by atoms with Crippen LogP contribution in [0, 0.1) is 18.6 Å². The zero-order chi connectivity index (χ0) is 20.4. The molecule has 4 nitrogen and oxygen atoms in total. The van der Waals surface area contributed by atoms with E-state index in [2.05, 4.69) is 15.5 Å². The lowest BCUT2D eigenvalue weighted by atomic mass is 10.1. The number of hydrogen-bond donors (Lipinski definition) is 1. The lowest BCUT2D eigenvalue weighted by Gasteiger charge is -2.18. The van der Waals surface area contributed by atoms with E-state index in [1.165, 1.54) is 24.3 Å². The number of halogens is 3. The molecule has 0 amide bonds. The van der Waals surface area contributed by atoms with Gasteiger partial charge in [0.25, 0.3) is 0 Å². The molecule has 4 aromatic rings. The van der Waals surface area contributed by atoms with Crippen LogP contribution >= 0.6 is 11.6 Å². The molecule has 0 radical (unpaired) electrons. The molecule has 0 saturated heterocycles.